The number of carbonyl (C=O) groups is 1. The first kappa shape index (κ1) is 16.1. The van der Waals surface area contributed by atoms with E-state index in [2.05, 4.69) is 4.98 Å². The van der Waals surface area contributed by atoms with Crippen LogP contribution < -0.4 is 4.74 Å². The van der Waals surface area contributed by atoms with Gasteiger partial charge in [0, 0.05) is 12.5 Å². The lowest BCUT2D eigenvalue weighted by Crippen LogP contribution is -2.32. The quantitative estimate of drug-likeness (QED) is 0.924. The molecule has 2 heterocycles. The molecule has 132 valence electrons. The molecule has 0 unspecified atom stereocenters. The van der Waals surface area contributed by atoms with Crippen molar-refractivity contribution in [3.8, 4) is 5.75 Å². The molecule has 1 aliphatic heterocycles. The molecule has 25 heavy (non-hydrogen) atoms. The number of β-amino-alcohol motifs (C(OH)–C–C–N with tert-alkyl or cyclic N) is 1. The summed E-state index contributed by atoms with van der Waals surface area (Å²) < 4.78 is 10.8. The van der Waals surface area contributed by atoms with E-state index in [0.29, 0.717) is 30.5 Å². The molecule has 1 N–H and O–H groups in total. The Morgan fingerprint density at radius 1 is 1.40 bits per heavy atom. The van der Waals surface area contributed by atoms with Gasteiger partial charge in [-0.25, -0.2) is 4.98 Å². The predicted molar refractivity (Wildman–Crippen MR) is 90.5 cm³/mol. The summed E-state index contributed by atoms with van der Waals surface area (Å²) in [7, 11) is 1.61. The van der Waals surface area contributed by atoms with Gasteiger partial charge < -0.3 is 19.2 Å². The molecule has 0 bridgehead atoms. The minimum Gasteiger partial charge on any atom is -0.497 e. The van der Waals surface area contributed by atoms with Crippen LogP contribution in [0.2, 0.25) is 0 Å². The van der Waals surface area contributed by atoms with E-state index in [-0.39, 0.29) is 11.9 Å². The Morgan fingerprint density at radius 2 is 2.24 bits per heavy atom. The fourth-order valence-corrected chi connectivity index (χ4v) is 3.58. The van der Waals surface area contributed by atoms with E-state index in [1.165, 1.54) is 12.7 Å². The third kappa shape index (κ3) is 3.02. The van der Waals surface area contributed by atoms with E-state index in [1.807, 2.05) is 24.3 Å². The summed E-state index contributed by atoms with van der Waals surface area (Å²) in [5, 5.41) is 10.1. The second kappa shape index (κ2) is 6.52. The number of hydrogen-bond donors (Lipinski definition) is 1. The summed E-state index contributed by atoms with van der Waals surface area (Å²) in [6, 6.07) is 7.43. The first-order valence-electron chi connectivity index (χ1n) is 8.74. The highest BCUT2D eigenvalue weighted by atomic mass is 16.5. The first-order chi connectivity index (χ1) is 12.2. The van der Waals surface area contributed by atoms with Crippen LogP contribution in [0.3, 0.4) is 0 Å². The summed E-state index contributed by atoms with van der Waals surface area (Å²) in [4.78, 5) is 19.0. The molecule has 0 radical (unpaired) electrons. The summed E-state index contributed by atoms with van der Waals surface area (Å²) in [6.45, 7) is 0.298. The van der Waals surface area contributed by atoms with Crippen LogP contribution in [-0.4, -0.2) is 40.7 Å². The molecule has 0 spiro atoms. The van der Waals surface area contributed by atoms with Crippen molar-refractivity contribution < 1.29 is 19.1 Å². The molecule has 1 aromatic heterocycles. The lowest BCUT2D eigenvalue weighted by atomic mass is 9.85. The number of likely N-dealkylation sites (tertiary alicyclic amines) is 1. The number of nitrogens with zero attached hydrogens (tertiary/aromatic N) is 2. The molecule has 6 heteroatoms. The molecule has 1 aliphatic carbocycles. The Bertz CT molecular complexity index is 768. The van der Waals surface area contributed by atoms with E-state index < -0.39 is 6.10 Å². The van der Waals surface area contributed by atoms with Gasteiger partial charge in [-0.1, -0.05) is 18.6 Å². The Kier molecular flexibility index (Phi) is 4.21. The fraction of sp³-hybridized carbons (Fsp3) is 0.474. The number of carbonyl (C=O) groups excluding carboxylic acids is 1. The van der Waals surface area contributed by atoms with Crippen LogP contribution in [0, 0.1) is 0 Å². The van der Waals surface area contributed by atoms with E-state index >= 15 is 0 Å². The van der Waals surface area contributed by atoms with E-state index in [1.54, 1.807) is 12.0 Å². The minimum absolute atomic E-state index is 0.193. The fourth-order valence-electron chi connectivity index (χ4n) is 3.58. The number of aliphatic hydroxyl groups is 1. The van der Waals surface area contributed by atoms with Crippen molar-refractivity contribution >= 4 is 5.91 Å². The van der Waals surface area contributed by atoms with Gasteiger partial charge in [-0.05, 0) is 37.0 Å². The van der Waals surface area contributed by atoms with Crippen molar-refractivity contribution in [3.05, 3.63) is 47.7 Å². The molecular formula is C19H22N2O4. The average Bonchev–Trinajstić information content (AvgIpc) is 3.20. The number of ether oxygens (including phenoxy) is 1. The third-order valence-electron chi connectivity index (χ3n) is 5.21. The first-order valence-corrected chi connectivity index (χ1v) is 8.74. The van der Waals surface area contributed by atoms with Gasteiger partial charge in [0.25, 0.3) is 5.91 Å². The Hall–Kier alpha value is -2.34. The lowest BCUT2D eigenvalue weighted by molar-refractivity contribution is 0.0709. The highest BCUT2D eigenvalue weighted by Gasteiger charge is 2.37. The number of aliphatic hydroxyl groups excluding tert-OH is 1. The van der Waals surface area contributed by atoms with Crippen molar-refractivity contribution in [2.24, 2.45) is 0 Å². The van der Waals surface area contributed by atoms with E-state index in [4.69, 9.17) is 9.15 Å². The summed E-state index contributed by atoms with van der Waals surface area (Å²) in [6.07, 6.45) is 4.74. The van der Waals surface area contributed by atoms with Gasteiger partial charge in [0.05, 0.1) is 19.3 Å². The number of amides is 1. The van der Waals surface area contributed by atoms with E-state index in [0.717, 1.165) is 24.2 Å². The molecule has 4 rings (SSSR count). The van der Waals surface area contributed by atoms with Crippen LogP contribution in [0.1, 0.15) is 59.6 Å². The zero-order valence-electron chi connectivity index (χ0n) is 14.2. The molecule has 2 aliphatic rings. The van der Waals surface area contributed by atoms with Crippen molar-refractivity contribution in [2.45, 2.75) is 43.7 Å². The largest absolute Gasteiger partial charge is 0.497 e. The van der Waals surface area contributed by atoms with Crippen LogP contribution in [-0.2, 0) is 0 Å². The number of methoxy groups -OCH3 is 1. The van der Waals surface area contributed by atoms with Crippen LogP contribution in [0.5, 0.6) is 5.75 Å². The number of benzene rings is 1. The van der Waals surface area contributed by atoms with E-state index in [9.17, 15) is 9.90 Å². The van der Waals surface area contributed by atoms with Crippen LogP contribution in [0.25, 0.3) is 0 Å². The Morgan fingerprint density at radius 3 is 2.96 bits per heavy atom. The normalized spacial score (nSPS) is 23.5. The van der Waals surface area contributed by atoms with Crippen LogP contribution in [0.15, 0.2) is 34.9 Å². The summed E-state index contributed by atoms with van der Waals surface area (Å²) in [5.74, 6) is 1.55. The molecule has 1 saturated carbocycles. The number of oxazole rings is 1. The van der Waals surface area contributed by atoms with Gasteiger partial charge in [0.1, 0.15) is 12.0 Å². The highest BCUT2D eigenvalue weighted by Crippen LogP contribution is 2.37. The van der Waals surface area contributed by atoms with Crippen molar-refractivity contribution in [1.29, 1.82) is 0 Å². The summed E-state index contributed by atoms with van der Waals surface area (Å²) in [5.41, 5.74) is 1.27. The second-order valence-corrected chi connectivity index (χ2v) is 6.84. The number of rotatable bonds is 4. The maximum Gasteiger partial charge on any atom is 0.276 e. The molecular weight excluding hydrogens is 320 g/mol. The zero-order valence-corrected chi connectivity index (χ0v) is 14.2. The summed E-state index contributed by atoms with van der Waals surface area (Å²) >= 11 is 0. The minimum atomic E-state index is -0.543. The maximum absolute atomic E-state index is 12.9. The highest BCUT2D eigenvalue weighted by molar-refractivity contribution is 5.92. The van der Waals surface area contributed by atoms with Crippen LogP contribution in [0.4, 0.5) is 0 Å². The van der Waals surface area contributed by atoms with Crippen molar-refractivity contribution in [3.63, 3.8) is 0 Å². The topological polar surface area (TPSA) is 75.8 Å². The Labute approximate surface area is 146 Å². The van der Waals surface area contributed by atoms with Gasteiger partial charge in [-0.3, -0.25) is 4.79 Å². The zero-order chi connectivity index (χ0) is 17.4. The molecule has 6 nitrogen and oxygen atoms in total. The van der Waals surface area contributed by atoms with Gasteiger partial charge in [0.15, 0.2) is 11.6 Å². The second-order valence-electron chi connectivity index (χ2n) is 6.84. The molecule has 2 fully saturated rings. The molecule has 2 aromatic rings. The smallest absolute Gasteiger partial charge is 0.276 e. The van der Waals surface area contributed by atoms with Crippen molar-refractivity contribution in [1.82, 2.24) is 9.88 Å². The lowest BCUT2D eigenvalue weighted by Gasteiger charge is -2.24. The number of aromatic nitrogens is 1. The maximum atomic E-state index is 12.9. The molecule has 1 aromatic carbocycles. The van der Waals surface area contributed by atoms with Gasteiger partial charge >= 0.3 is 0 Å². The molecule has 1 saturated heterocycles. The number of hydrogen-bond acceptors (Lipinski definition) is 5. The monoisotopic (exact) mass is 342 g/mol. The SMILES string of the molecule is COc1cccc([C@@H]2C[C@H](O)CN2C(=O)c2coc(C3CCC3)n2)c1. The molecule has 1 amide bonds. The van der Waals surface area contributed by atoms with Gasteiger partial charge in [0.2, 0.25) is 0 Å². The third-order valence-corrected chi connectivity index (χ3v) is 5.21. The van der Waals surface area contributed by atoms with Crippen LogP contribution >= 0.6 is 0 Å². The molecule has 2 atom stereocenters. The standard InChI is InChI=1S/C19H22N2O4/c1-24-15-7-3-6-13(8-15)17-9-14(22)10-21(17)19(23)16-11-25-18(20-16)12-4-2-5-12/h3,6-8,11-12,14,17,22H,2,4-5,9-10H2,1H3/t14-,17-/m0/s1. The Balaban J connectivity index is 1.58. The van der Waals surface area contributed by atoms with Crippen molar-refractivity contribution in [2.75, 3.05) is 13.7 Å². The average molecular weight is 342 g/mol. The predicted octanol–water partition coefficient (Wildman–Crippen LogP) is 2.90. The van der Waals surface area contributed by atoms with Gasteiger partial charge in [-0.15, -0.1) is 0 Å². The van der Waals surface area contributed by atoms with Gasteiger partial charge in [-0.2, -0.15) is 0 Å².